The minimum Gasteiger partial charge on any atom is -0.445 e. The largest absolute Gasteiger partial charge is 0.445 e. The van der Waals surface area contributed by atoms with Crippen LogP contribution in [-0.2, 0) is 4.74 Å². The summed E-state index contributed by atoms with van der Waals surface area (Å²) in [7, 11) is 0. The van der Waals surface area contributed by atoms with Crippen molar-refractivity contribution in [3.63, 3.8) is 0 Å². The Morgan fingerprint density at radius 3 is 2.73 bits per heavy atom. The summed E-state index contributed by atoms with van der Waals surface area (Å²) in [5.74, 6) is 0.477. The van der Waals surface area contributed by atoms with Gasteiger partial charge in [-0.3, -0.25) is 0 Å². The van der Waals surface area contributed by atoms with Gasteiger partial charge in [0, 0.05) is 6.54 Å². The third-order valence-electron chi connectivity index (χ3n) is 2.68. The average Bonchev–Trinajstić information content (AvgIpc) is 2.25. The number of nitrogens with one attached hydrogen (secondary N) is 1. The van der Waals surface area contributed by atoms with Crippen LogP contribution in [0.3, 0.4) is 0 Å². The molecule has 2 N–H and O–H groups in total. The average molecular weight is 213 g/mol. The molecule has 0 atom stereocenters. The van der Waals surface area contributed by atoms with Gasteiger partial charge in [-0.15, -0.1) is 0 Å². The summed E-state index contributed by atoms with van der Waals surface area (Å²) in [5.41, 5.74) is 0. The first-order valence-electron chi connectivity index (χ1n) is 5.42. The third-order valence-corrected chi connectivity index (χ3v) is 2.68. The van der Waals surface area contributed by atoms with E-state index in [4.69, 9.17) is 4.74 Å². The number of aliphatic hydroxyl groups excluding tert-OH is 1. The number of aliphatic hydroxyl groups is 1. The lowest BCUT2D eigenvalue weighted by molar-refractivity contribution is 0.106. The molecule has 0 aromatic carbocycles. The van der Waals surface area contributed by atoms with E-state index < -0.39 is 0 Å². The standard InChI is InChI=1S/C11H19NO3/c1-2-7-15-11(14)12-8-9-3-5-10(13)6-4-9/h2,9-10,13H,1,3-8H2,(H,12,14). The molecule has 0 aliphatic heterocycles. The predicted octanol–water partition coefficient (Wildman–Crippen LogP) is 1.45. The first-order chi connectivity index (χ1) is 7.22. The predicted molar refractivity (Wildman–Crippen MR) is 57.5 cm³/mol. The molecule has 4 heteroatoms. The molecule has 0 aromatic rings. The van der Waals surface area contributed by atoms with Crippen molar-refractivity contribution in [2.24, 2.45) is 5.92 Å². The molecule has 1 aliphatic carbocycles. The molecule has 0 unspecified atom stereocenters. The molecule has 0 heterocycles. The van der Waals surface area contributed by atoms with Crippen molar-refractivity contribution in [3.05, 3.63) is 12.7 Å². The highest BCUT2D eigenvalue weighted by atomic mass is 16.5. The fourth-order valence-electron chi connectivity index (χ4n) is 1.76. The highest BCUT2D eigenvalue weighted by Gasteiger charge is 2.19. The van der Waals surface area contributed by atoms with Gasteiger partial charge < -0.3 is 15.2 Å². The van der Waals surface area contributed by atoms with Gasteiger partial charge in [0.05, 0.1) is 6.10 Å². The lowest BCUT2D eigenvalue weighted by Gasteiger charge is -2.25. The van der Waals surface area contributed by atoms with Crippen molar-refractivity contribution in [1.82, 2.24) is 5.32 Å². The molecule has 0 spiro atoms. The van der Waals surface area contributed by atoms with Crippen molar-refractivity contribution in [2.45, 2.75) is 31.8 Å². The number of alkyl carbamates (subject to hydrolysis) is 1. The summed E-state index contributed by atoms with van der Waals surface area (Å²) < 4.78 is 4.79. The van der Waals surface area contributed by atoms with Crippen LogP contribution in [-0.4, -0.2) is 30.5 Å². The van der Waals surface area contributed by atoms with Gasteiger partial charge in [0.2, 0.25) is 0 Å². The Balaban J connectivity index is 2.09. The topological polar surface area (TPSA) is 58.6 Å². The molecule has 86 valence electrons. The van der Waals surface area contributed by atoms with Crippen molar-refractivity contribution in [2.75, 3.05) is 13.2 Å². The monoisotopic (exact) mass is 213 g/mol. The van der Waals surface area contributed by atoms with E-state index in [1.807, 2.05) is 0 Å². The van der Waals surface area contributed by atoms with Crippen molar-refractivity contribution in [3.8, 4) is 0 Å². The van der Waals surface area contributed by atoms with Gasteiger partial charge in [-0.25, -0.2) is 4.79 Å². The molecule has 1 aliphatic rings. The Hall–Kier alpha value is -1.03. The SMILES string of the molecule is C=CCOC(=O)NCC1CCC(O)CC1. The van der Waals surface area contributed by atoms with E-state index in [0.29, 0.717) is 12.5 Å². The molecule has 0 saturated heterocycles. The second-order valence-electron chi connectivity index (χ2n) is 3.94. The molecule has 4 nitrogen and oxygen atoms in total. The number of rotatable bonds is 4. The van der Waals surface area contributed by atoms with Gasteiger partial charge in [-0.05, 0) is 31.6 Å². The van der Waals surface area contributed by atoms with Crippen LogP contribution in [0, 0.1) is 5.92 Å². The van der Waals surface area contributed by atoms with Crippen LogP contribution in [0.25, 0.3) is 0 Å². The van der Waals surface area contributed by atoms with E-state index in [0.717, 1.165) is 25.7 Å². The number of carbonyl (C=O) groups is 1. The smallest absolute Gasteiger partial charge is 0.407 e. The lowest BCUT2D eigenvalue weighted by Crippen LogP contribution is -2.32. The van der Waals surface area contributed by atoms with E-state index in [-0.39, 0.29) is 18.8 Å². The molecular weight excluding hydrogens is 194 g/mol. The van der Waals surface area contributed by atoms with Gasteiger partial charge >= 0.3 is 6.09 Å². The van der Waals surface area contributed by atoms with E-state index >= 15 is 0 Å². The Kier molecular flexibility index (Phi) is 5.18. The van der Waals surface area contributed by atoms with E-state index in [1.54, 1.807) is 0 Å². The second kappa shape index (κ2) is 6.45. The summed E-state index contributed by atoms with van der Waals surface area (Å²) in [5, 5.41) is 12.0. The van der Waals surface area contributed by atoms with Crippen LogP contribution in [0.2, 0.25) is 0 Å². The summed E-state index contributed by atoms with van der Waals surface area (Å²) in [6.07, 6.45) is 4.64. The number of amides is 1. The van der Waals surface area contributed by atoms with Crippen LogP contribution >= 0.6 is 0 Å². The number of carbonyl (C=O) groups excluding carboxylic acids is 1. The van der Waals surface area contributed by atoms with Gasteiger partial charge in [0.1, 0.15) is 6.61 Å². The van der Waals surface area contributed by atoms with Crippen molar-refractivity contribution >= 4 is 6.09 Å². The first-order valence-corrected chi connectivity index (χ1v) is 5.42. The quantitative estimate of drug-likeness (QED) is 0.695. The molecule has 1 rings (SSSR count). The summed E-state index contributed by atoms with van der Waals surface area (Å²) >= 11 is 0. The Morgan fingerprint density at radius 2 is 2.13 bits per heavy atom. The number of hydrogen-bond acceptors (Lipinski definition) is 3. The van der Waals surface area contributed by atoms with Crippen LogP contribution in [0.5, 0.6) is 0 Å². The maximum absolute atomic E-state index is 11.1. The molecule has 0 aromatic heterocycles. The zero-order valence-electron chi connectivity index (χ0n) is 8.95. The lowest BCUT2D eigenvalue weighted by atomic mass is 9.87. The third kappa shape index (κ3) is 4.83. The van der Waals surface area contributed by atoms with Crippen LogP contribution in [0.1, 0.15) is 25.7 Å². The van der Waals surface area contributed by atoms with Gasteiger partial charge in [-0.1, -0.05) is 12.7 Å². The van der Waals surface area contributed by atoms with Crippen molar-refractivity contribution in [1.29, 1.82) is 0 Å². The molecule has 0 bridgehead atoms. The molecule has 1 amide bonds. The first kappa shape index (κ1) is 12.0. The molecule has 0 radical (unpaired) electrons. The van der Waals surface area contributed by atoms with Crippen LogP contribution < -0.4 is 5.32 Å². The highest BCUT2D eigenvalue weighted by molar-refractivity contribution is 5.67. The Morgan fingerprint density at radius 1 is 1.47 bits per heavy atom. The summed E-state index contributed by atoms with van der Waals surface area (Å²) in [6.45, 7) is 4.34. The Bertz CT molecular complexity index is 210. The number of ether oxygens (including phenoxy) is 1. The maximum Gasteiger partial charge on any atom is 0.407 e. The van der Waals surface area contributed by atoms with Crippen LogP contribution in [0.15, 0.2) is 12.7 Å². The normalized spacial score (nSPS) is 25.7. The fourth-order valence-corrected chi connectivity index (χ4v) is 1.76. The van der Waals surface area contributed by atoms with E-state index in [1.165, 1.54) is 6.08 Å². The second-order valence-corrected chi connectivity index (χ2v) is 3.94. The zero-order chi connectivity index (χ0) is 11.1. The summed E-state index contributed by atoms with van der Waals surface area (Å²) in [6, 6.07) is 0. The van der Waals surface area contributed by atoms with Crippen molar-refractivity contribution < 1.29 is 14.6 Å². The minimum absolute atomic E-state index is 0.144. The maximum atomic E-state index is 11.1. The number of hydrogen-bond donors (Lipinski definition) is 2. The molecule has 15 heavy (non-hydrogen) atoms. The fraction of sp³-hybridized carbons (Fsp3) is 0.727. The highest BCUT2D eigenvalue weighted by Crippen LogP contribution is 2.23. The molecular formula is C11H19NO3. The minimum atomic E-state index is -0.388. The van der Waals surface area contributed by atoms with E-state index in [9.17, 15) is 9.90 Å². The Labute approximate surface area is 90.3 Å². The van der Waals surface area contributed by atoms with Gasteiger partial charge in [0.15, 0.2) is 0 Å². The van der Waals surface area contributed by atoms with Crippen LogP contribution in [0.4, 0.5) is 4.79 Å². The molecule has 1 saturated carbocycles. The summed E-state index contributed by atoms with van der Waals surface area (Å²) in [4.78, 5) is 11.1. The van der Waals surface area contributed by atoms with E-state index in [2.05, 4.69) is 11.9 Å². The zero-order valence-corrected chi connectivity index (χ0v) is 8.95. The van der Waals surface area contributed by atoms with Gasteiger partial charge in [0.25, 0.3) is 0 Å². The molecule has 1 fully saturated rings. The van der Waals surface area contributed by atoms with Gasteiger partial charge in [-0.2, -0.15) is 0 Å².